The lowest BCUT2D eigenvalue weighted by atomic mass is 9.92. The van der Waals surface area contributed by atoms with Crippen LogP contribution in [0.2, 0.25) is 0 Å². The third kappa shape index (κ3) is 3.47. The lowest BCUT2D eigenvalue weighted by molar-refractivity contribution is 0.0798. The number of carbonyl (C=O) groups excluding carboxylic acids is 1. The molecule has 6 nitrogen and oxygen atoms in total. The van der Waals surface area contributed by atoms with E-state index in [2.05, 4.69) is 10.4 Å². The van der Waals surface area contributed by atoms with Crippen molar-refractivity contribution in [2.24, 2.45) is 7.05 Å². The molecule has 1 saturated carbocycles. The van der Waals surface area contributed by atoms with Crippen LogP contribution < -0.4 is 15.8 Å². The minimum Gasteiger partial charge on any atom is -0.488 e. The summed E-state index contributed by atoms with van der Waals surface area (Å²) in [5, 5.41) is 7.08. The van der Waals surface area contributed by atoms with E-state index >= 15 is 0 Å². The Morgan fingerprint density at radius 2 is 2.04 bits per heavy atom. The van der Waals surface area contributed by atoms with E-state index in [4.69, 9.17) is 10.5 Å². The Morgan fingerprint density at radius 1 is 1.30 bits per heavy atom. The maximum absolute atomic E-state index is 12.4. The predicted molar refractivity (Wildman–Crippen MR) is 88.2 cm³/mol. The van der Waals surface area contributed by atoms with Crippen molar-refractivity contribution in [3.63, 3.8) is 0 Å². The van der Waals surface area contributed by atoms with Crippen molar-refractivity contribution < 1.29 is 9.53 Å². The molecule has 1 heterocycles. The van der Waals surface area contributed by atoms with Crippen LogP contribution >= 0.6 is 0 Å². The van der Waals surface area contributed by atoms with Gasteiger partial charge >= 0.3 is 0 Å². The van der Waals surface area contributed by atoms with E-state index in [-0.39, 0.29) is 18.1 Å². The van der Waals surface area contributed by atoms with E-state index in [0.29, 0.717) is 11.4 Å². The van der Waals surface area contributed by atoms with Crippen molar-refractivity contribution in [3.05, 3.63) is 42.1 Å². The van der Waals surface area contributed by atoms with Crippen LogP contribution in [0.25, 0.3) is 0 Å². The van der Waals surface area contributed by atoms with E-state index in [1.54, 1.807) is 7.05 Å². The highest BCUT2D eigenvalue weighted by Crippen LogP contribution is 2.24. The smallest absolute Gasteiger partial charge is 0.257 e. The Balaban J connectivity index is 1.69. The summed E-state index contributed by atoms with van der Waals surface area (Å²) in [4.78, 5) is 12.4. The quantitative estimate of drug-likeness (QED) is 0.905. The average molecular weight is 314 g/mol. The molecule has 2 aromatic rings. The molecular formula is C17H22N4O2. The van der Waals surface area contributed by atoms with Gasteiger partial charge in [-0.25, -0.2) is 0 Å². The van der Waals surface area contributed by atoms with Crippen LogP contribution in [-0.4, -0.2) is 27.8 Å². The number of ether oxygens (including phenoxy) is 1. The number of anilines is 1. The van der Waals surface area contributed by atoms with Crippen LogP contribution in [0.4, 0.5) is 5.82 Å². The van der Waals surface area contributed by atoms with Crippen molar-refractivity contribution in [1.82, 2.24) is 15.1 Å². The van der Waals surface area contributed by atoms with Gasteiger partial charge in [0.25, 0.3) is 5.91 Å². The molecule has 3 rings (SSSR count). The van der Waals surface area contributed by atoms with Crippen molar-refractivity contribution >= 4 is 11.7 Å². The van der Waals surface area contributed by atoms with Gasteiger partial charge < -0.3 is 15.8 Å². The number of carbonyl (C=O) groups is 1. The van der Waals surface area contributed by atoms with Crippen LogP contribution in [0, 0.1) is 0 Å². The molecule has 23 heavy (non-hydrogen) atoms. The molecule has 6 heteroatoms. The van der Waals surface area contributed by atoms with Gasteiger partial charge in [0.15, 0.2) is 0 Å². The molecule has 2 unspecified atom stereocenters. The third-order valence-electron chi connectivity index (χ3n) is 4.28. The number of nitrogen functional groups attached to an aromatic ring is 1. The number of nitrogens with zero attached hydrogens (tertiary/aromatic N) is 2. The molecule has 1 aromatic carbocycles. The van der Waals surface area contributed by atoms with Gasteiger partial charge in [-0.1, -0.05) is 24.6 Å². The number of rotatable bonds is 4. The lowest BCUT2D eigenvalue weighted by Gasteiger charge is -2.32. The molecule has 0 radical (unpaired) electrons. The summed E-state index contributed by atoms with van der Waals surface area (Å²) in [7, 11) is 1.72. The van der Waals surface area contributed by atoms with Crippen molar-refractivity contribution in [3.8, 4) is 5.75 Å². The Hall–Kier alpha value is -2.50. The van der Waals surface area contributed by atoms with Crippen LogP contribution in [0.15, 0.2) is 36.5 Å². The first-order valence-electron chi connectivity index (χ1n) is 7.95. The number of nitrogens with one attached hydrogen (secondary N) is 1. The fourth-order valence-electron chi connectivity index (χ4n) is 2.94. The zero-order valence-electron chi connectivity index (χ0n) is 13.2. The molecule has 0 bridgehead atoms. The fourth-order valence-corrected chi connectivity index (χ4v) is 2.94. The van der Waals surface area contributed by atoms with Crippen molar-refractivity contribution in [2.75, 3.05) is 5.73 Å². The molecule has 1 amide bonds. The summed E-state index contributed by atoms with van der Waals surface area (Å²) >= 11 is 0. The summed E-state index contributed by atoms with van der Waals surface area (Å²) in [6.07, 6.45) is 5.51. The third-order valence-corrected chi connectivity index (χ3v) is 4.28. The highest BCUT2D eigenvalue weighted by Gasteiger charge is 2.29. The molecule has 1 aliphatic rings. The maximum atomic E-state index is 12.4. The van der Waals surface area contributed by atoms with Crippen molar-refractivity contribution in [1.29, 1.82) is 0 Å². The Kier molecular flexibility index (Phi) is 4.50. The normalized spacial score (nSPS) is 20.9. The zero-order chi connectivity index (χ0) is 16.2. The van der Waals surface area contributed by atoms with Crippen LogP contribution in [-0.2, 0) is 7.05 Å². The molecule has 1 aromatic heterocycles. The Morgan fingerprint density at radius 3 is 2.74 bits per heavy atom. The monoisotopic (exact) mass is 314 g/mol. The van der Waals surface area contributed by atoms with E-state index in [1.165, 1.54) is 10.9 Å². The largest absolute Gasteiger partial charge is 0.488 e. The molecule has 3 N–H and O–H groups in total. The summed E-state index contributed by atoms with van der Waals surface area (Å²) in [5.74, 6) is 1.02. The highest BCUT2D eigenvalue weighted by atomic mass is 16.5. The highest BCUT2D eigenvalue weighted by molar-refractivity contribution is 5.98. The Labute approximate surface area is 135 Å². The summed E-state index contributed by atoms with van der Waals surface area (Å²) < 4.78 is 7.57. The van der Waals surface area contributed by atoms with Crippen LogP contribution in [0.5, 0.6) is 5.75 Å². The van der Waals surface area contributed by atoms with E-state index < -0.39 is 0 Å². The number of nitrogens with two attached hydrogens (primary N) is 1. The predicted octanol–water partition coefficient (Wildman–Crippen LogP) is 2.12. The number of aryl methyl sites for hydroxylation is 1. The number of hydrogen-bond acceptors (Lipinski definition) is 4. The number of benzene rings is 1. The second-order valence-electron chi connectivity index (χ2n) is 5.90. The van der Waals surface area contributed by atoms with Gasteiger partial charge in [0.1, 0.15) is 23.2 Å². The van der Waals surface area contributed by atoms with Crippen LogP contribution in [0.1, 0.15) is 36.0 Å². The molecule has 0 saturated heterocycles. The first-order valence-corrected chi connectivity index (χ1v) is 7.95. The molecule has 2 atom stereocenters. The van der Waals surface area contributed by atoms with Gasteiger partial charge in [0, 0.05) is 7.05 Å². The lowest BCUT2D eigenvalue weighted by Crippen LogP contribution is -2.47. The first kappa shape index (κ1) is 15.4. The van der Waals surface area contributed by atoms with Crippen molar-refractivity contribution in [2.45, 2.75) is 37.8 Å². The molecule has 0 spiro atoms. The number of amides is 1. The molecule has 0 aliphatic heterocycles. The van der Waals surface area contributed by atoms with E-state index in [0.717, 1.165) is 31.4 Å². The van der Waals surface area contributed by atoms with Gasteiger partial charge in [0.05, 0.1) is 12.2 Å². The summed E-state index contributed by atoms with van der Waals surface area (Å²) in [6, 6.07) is 9.71. The second kappa shape index (κ2) is 6.73. The number of hydrogen-bond donors (Lipinski definition) is 2. The van der Waals surface area contributed by atoms with Gasteiger partial charge in [-0.15, -0.1) is 0 Å². The Bertz CT molecular complexity index is 668. The average Bonchev–Trinajstić information content (AvgIpc) is 2.90. The van der Waals surface area contributed by atoms with E-state index in [1.807, 2.05) is 30.3 Å². The van der Waals surface area contributed by atoms with Gasteiger partial charge in [-0.3, -0.25) is 9.48 Å². The van der Waals surface area contributed by atoms with E-state index in [9.17, 15) is 4.79 Å². The topological polar surface area (TPSA) is 82.2 Å². The summed E-state index contributed by atoms with van der Waals surface area (Å²) in [5.41, 5.74) is 6.29. The number of aromatic nitrogens is 2. The SMILES string of the molecule is Cn1ncc(C(=O)NC2CCCCC2Oc2ccccc2)c1N. The molecular weight excluding hydrogens is 292 g/mol. The van der Waals surface area contributed by atoms with Gasteiger partial charge in [-0.05, 0) is 31.4 Å². The second-order valence-corrected chi connectivity index (χ2v) is 5.90. The maximum Gasteiger partial charge on any atom is 0.257 e. The van der Waals surface area contributed by atoms with Gasteiger partial charge in [0.2, 0.25) is 0 Å². The standard InChI is InChI=1S/C17H22N4O2/c1-21-16(18)13(11-19-21)17(22)20-14-9-5-6-10-15(14)23-12-7-3-2-4-8-12/h2-4,7-8,11,14-15H,5-6,9-10,18H2,1H3,(H,20,22). The molecule has 1 fully saturated rings. The zero-order valence-corrected chi connectivity index (χ0v) is 13.2. The van der Waals surface area contributed by atoms with Gasteiger partial charge in [-0.2, -0.15) is 5.10 Å². The van der Waals surface area contributed by atoms with Crippen LogP contribution in [0.3, 0.4) is 0 Å². The molecule has 122 valence electrons. The summed E-state index contributed by atoms with van der Waals surface area (Å²) in [6.45, 7) is 0. The minimum absolute atomic E-state index is 0.0175. The fraction of sp³-hybridized carbons (Fsp3) is 0.412. The number of para-hydroxylation sites is 1. The first-order chi connectivity index (χ1) is 11.1. The molecule has 1 aliphatic carbocycles. The minimum atomic E-state index is -0.191.